The van der Waals surface area contributed by atoms with Crippen molar-refractivity contribution in [2.45, 2.75) is 232 Å². The number of rotatable bonds is 35. The van der Waals surface area contributed by atoms with Gasteiger partial charge in [-0.05, 0) is 116 Å². The fraction of sp³-hybridized carbons (Fsp3) is 0.860. The molecule has 0 radical (unpaired) electrons. The van der Waals surface area contributed by atoms with Gasteiger partial charge in [-0.15, -0.1) is 0 Å². The molecule has 0 bridgehead atoms. The maximum Gasteiger partial charge on any atom is 0.309 e. The van der Waals surface area contributed by atoms with Crippen molar-refractivity contribution in [1.29, 1.82) is 0 Å². The molecule has 2 fully saturated rings. The number of ether oxygens (including phenoxy) is 3. The lowest BCUT2D eigenvalue weighted by Crippen LogP contribution is -2.35. The second kappa shape index (κ2) is 34.7. The highest BCUT2D eigenvalue weighted by molar-refractivity contribution is 5.73. The average Bonchev–Trinajstić information content (AvgIpc) is 3.64. The van der Waals surface area contributed by atoms with Crippen molar-refractivity contribution in [3.8, 4) is 0 Å². The van der Waals surface area contributed by atoms with Crippen LogP contribution >= 0.6 is 0 Å². The van der Waals surface area contributed by atoms with E-state index in [4.69, 9.17) is 14.2 Å². The second-order valence-corrected chi connectivity index (χ2v) is 17.7. The fourth-order valence-corrected chi connectivity index (χ4v) is 8.50. The van der Waals surface area contributed by atoms with Crippen molar-refractivity contribution < 1.29 is 28.6 Å². The van der Waals surface area contributed by atoms with Crippen LogP contribution in [0.25, 0.3) is 0 Å². The highest BCUT2D eigenvalue weighted by atomic mass is 16.6. The Bertz CT molecular complexity index is 1070. The predicted molar refractivity (Wildman–Crippen MR) is 237 cm³/mol. The van der Waals surface area contributed by atoms with E-state index >= 15 is 0 Å². The number of unbranched alkanes of at least 4 members (excludes halogenated alkanes) is 16. The molecule has 330 valence electrons. The zero-order valence-corrected chi connectivity index (χ0v) is 37.6. The van der Waals surface area contributed by atoms with Gasteiger partial charge in [0.15, 0.2) is 0 Å². The molecule has 4 unspecified atom stereocenters. The standard InChI is InChI=1S/C50H89NO6/c1-5-8-11-13-15-16-17-18-19-20-21-22-23-24-26-29-32-46(56-49(53)44(30-27-10-7-3)31-28-25-14-12-9-6-2)37-40-55-48(52)42-43-33-34-47(41-43)57-50(54)45-35-38-51(4)39-36-45/h15-16,18-19,43-47H,5-14,17,20-42H2,1-4H3/b16-15-,19-18-. The minimum absolute atomic E-state index is 0.00417. The van der Waals surface area contributed by atoms with Crippen molar-refractivity contribution in [2.75, 3.05) is 26.7 Å². The van der Waals surface area contributed by atoms with Gasteiger partial charge in [0.25, 0.3) is 0 Å². The lowest BCUT2D eigenvalue weighted by molar-refractivity contribution is -0.157. The van der Waals surface area contributed by atoms with Gasteiger partial charge >= 0.3 is 17.9 Å². The van der Waals surface area contributed by atoms with Crippen molar-refractivity contribution in [2.24, 2.45) is 17.8 Å². The quantitative estimate of drug-likeness (QED) is 0.0273. The number of esters is 3. The van der Waals surface area contributed by atoms with E-state index < -0.39 is 0 Å². The van der Waals surface area contributed by atoms with Crippen molar-refractivity contribution in [1.82, 2.24) is 4.90 Å². The van der Waals surface area contributed by atoms with Crippen LogP contribution in [0.2, 0.25) is 0 Å². The third-order valence-corrected chi connectivity index (χ3v) is 12.4. The molecule has 1 saturated carbocycles. The molecule has 1 aliphatic carbocycles. The molecule has 0 aromatic heterocycles. The first-order chi connectivity index (χ1) is 27.9. The SMILES string of the molecule is CCCCC/C=C\C/C=C\CCCCCCCCC(CCOC(=O)CC1CCC(OC(=O)C2CCN(C)CC2)C1)OC(=O)C(CCCCC)CCCCCCCC. The Kier molecular flexibility index (Phi) is 31.0. The number of nitrogens with zero attached hydrogens (tertiary/aromatic N) is 1. The molecule has 1 heterocycles. The second-order valence-electron chi connectivity index (χ2n) is 17.7. The molecule has 57 heavy (non-hydrogen) atoms. The summed E-state index contributed by atoms with van der Waals surface area (Å²) in [6.07, 6.45) is 41.8. The van der Waals surface area contributed by atoms with Gasteiger partial charge in [0.05, 0.1) is 18.4 Å². The van der Waals surface area contributed by atoms with E-state index in [2.05, 4.69) is 57.0 Å². The van der Waals surface area contributed by atoms with E-state index in [0.29, 0.717) is 12.8 Å². The van der Waals surface area contributed by atoms with Crippen molar-refractivity contribution in [3.05, 3.63) is 24.3 Å². The first-order valence-corrected chi connectivity index (χ1v) is 24.4. The molecular formula is C50H89NO6. The first-order valence-electron chi connectivity index (χ1n) is 24.4. The summed E-state index contributed by atoms with van der Waals surface area (Å²) in [6.45, 7) is 8.86. The van der Waals surface area contributed by atoms with Crippen LogP contribution in [0.1, 0.15) is 220 Å². The summed E-state index contributed by atoms with van der Waals surface area (Å²) in [7, 11) is 2.09. The van der Waals surface area contributed by atoms with Gasteiger partial charge in [0.1, 0.15) is 12.2 Å². The van der Waals surface area contributed by atoms with Crippen LogP contribution in [0.15, 0.2) is 24.3 Å². The first kappa shape index (κ1) is 51.0. The smallest absolute Gasteiger partial charge is 0.309 e. The molecular weight excluding hydrogens is 711 g/mol. The molecule has 0 aromatic carbocycles. The maximum atomic E-state index is 13.7. The Morgan fingerprint density at radius 2 is 1.18 bits per heavy atom. The maximum absolute atomic E-state index is 13.7. The van der Waals surface area contributed by atoms with Gasteiger partial charge in [0, 0.05) is 12.8 Å². The molecule has 7 nitrogen and oxygen atoms in total. The van der Waals surface area contributed by atoms with E-state index in [1.165, 1.54) is 83.5 Å². The molecule has 0 aromatic rings. The Morgan fingerprint density at radius 1 is 0.632 bits per heavy atom. The fourth-order valence-electron chi connectivity index (χ4n) is 8.50. The van der Waals surface area contributed by atoms with Crippen LogP contribution in [0.5, 0.6) is 0 Å². The highest BCUT2D eigenvalue weighted by Gasteiger charge is 2.33. The molecule has 2 rings (SSSR count). The summed E-state index contributed by atoms with van der Waals surface area (Å²) in [5.74, 6) is -0.136. The number of carbonyl (C=O) groups excluding carboxylic acids is 3. The van der Waals surface area contributed by atoms with Gasteiger partial charge in [-0.2, -0.15) is 0 Å². The van der Waals surface area contributed by atoms with Crippen LogP contribution in [0.3, 0.4) is 0 Å². The van der Waals surface area contributed by atoms with Crippen LogP contribution < -0.4 is 0 Å². The Balaban J connectivity index is 1.78. The zero-order chi connectivity index (χ0) is 41.2. The molecule has 0 spiro atoms. The summed E-state index contributed by atoms with van der Waals surface area (Å²) in [5.41, 5.74) is 0. The Morgan fingerprint density at radius 3 is 1.84 bits per heavy atom. The number of carbonyl (C=O) groups is 3. The summed E-state index contributed by atoms with van der Waals surface area (Å²) >= 11 is 0. The average molecular weight is 800 g/mol. The van der Waals surface area contributed by atoms with Gasteiger partial charge in [0.2, 0.25) is 0 Å². The van der Waals surface area contributed by atoms with Gasteiger partial charge in [-0.25, -0.2) is 0 Å². The van der Waals surface area contributed by atoms with Crippen LogP contribution in [0, 0.1) is 17.8 Å². The molecule has 1 saturated heterocycles. The molecule has 7 heteroatoms. The van der Waals surface area contributed by atoms with Gasteiger partial charge in [-0.3, -0.25) is 14.4 Å². The van der Waals surface area contributed by atoms with E-state index in [0.717, 1.165) is 116 Å². The topological polar surface area (TPSA) is 82.1 Å². The summed E-state index contributed by atoms with van der Waals surface area (Å²) in [6, 6.07) is 0. The van der Waals surface area contributed by atoms with Crippen LogP contribution in [-0.2, 0) is 28.6 Å². The Hall–Kier alpha value is -2.15. The zero-order valence-electron chi connectivity index (χ0n) is 37.6. The van der Waals surface area contributed by atoms with Crippen molar-refractivity contribution in [3.63, 3.8) is 0 Å². The molecule has 2 aliphatic rings. The molecule has 4 atom stereocenters. The minimum atomic E-state index is -0.218. The number of hydrogen-bond acceptors (Lipinski definition) is 7. The monoisotopic (exact) mass is 800 g/mol. The van der Waals surface area contributed by atoms with Gasteiger partial charge < -0.3 is 19.1 Å². The summed E-state index contributed by atoms with van der Waals surface area (Å²) in [4.78, 5) is 41.6. The number of likely N-dealkylation sites (tertiary alicyclic amines) is 1. The highest BCUT2D eigenvalue weighted by Crippen LogP contribution is 2.32. The van der Waals surface area contributed by atoms with E-state index in [9.17, 15) is 14.4 Å². The normalized spacial score (nSPS) is 19.0. The number of hydrogen-bond donors (Lipinski definition) is 0. The molecule has 0 N–H and O–H groups in total. The largest absolute Gasteiger partial charge is 0.466 e. The molecule has 0 amide bonds. The summed E-state index contributed by atoms with van der Waals surface area (Å²) < 4.78 is 18.0. The van der Waals surface area contributed by atoms with E-state index in [1.54, 1.807) is 0 Å². The Labute approximate surface area is 351 Å². The lowest BCUT2D eigenvalue weighted by atomic mass is 9.94. The summed E-state index contributed by atoms with van der Waals surface area (Å²) in [5, 5.41) is 0. The number of piperidine rings is 1. The minimum Gasteiger partial charge on any atom is -0.466 e. The molecule has 1 aliphatic heterocycles. The van der Waals surface area contributed by atoms with Crippen LogP contribution in [-0.4, -0.2) is 61.8 Å². The third kappa shape index (κ3) is 26.5. The third-order valence-electron chi connectivity index (χ3n) is 12.4. The van der Waals surface area contributed by atoms with Crippen LogP contribution in [0.4, 0.5) is 0 Å². The van der Waals surface area contributed by atoms with Gasteiger partial charge in [-0.1, -0.05) is 141 Å². The van der Waals surface area contributed by atoms with E-state index in [1.807, 2.05) is 0 Å². The van der Waals surface area contributed by atoms with E-state index in [-0.39, 0.29) is 54.5 Å². The van der Waals surface area contributed by atoms with Crippen molar-refractivity contribution >= 4 is 17.9 Å². The lowest BCUT2D eigenvalue weighted by Gasteiger charge is -2.28. The predicted octanol–water partition coefficient (Wildman–Crippen LogP) is 13.4. The number of allylic oxidation sites excluding steroid dienone is 4.